The zero-order chi connectivity index (χ0) is 11.5. The summed E-state index contributed by atoms with van der Waals surface area (Å²) in [5.74, 6) is 0. The summed E-state index contributed by atoms with van der Waals surface area (Å²) in [4.78, 5) is 0. The SMILES string of the molecule is CC.CCCCC(OC)c1ccccc1. The van der Waals surface area contributed by atoms with Crippen LogP contribution < -0.4 is 0 Å². The van der Waals surface area contributed by atoms with Gasteiger partial charge in [0.05, 0.1) is 6.10 Å². The highest BCUT2D eigenvalue weighted by atomic mass is 16.5. The second kappa shape index (κ2) is 9.72. The van der Waals surface area contributed by atoms with Gasteiger partial charge in [-0.05, 0) is 12.0 Å². The zero-order valence-corrected chi connectivity index (χ0v) is 10.5. The number of ether oxygens (including phenoxy) is 1. The first-order chi connectivity index (χ1) is 7.38. The minimum atomic E-state index is 0.279. The number of rotatable bonds is 5. The van der Waals surface area contributed by atoms with Crippen molar-refractivity contribution >= 4 is 0 Å². The van der Waals surface area contributed by atoms with Crippen LogP contribution in [0.15, 0.2) is 30.3 Å². The minimum Gasteiger partial charge on any atom is -0.377 e. The fourth-order valence-electron chi connectivity index (χ4n) is 1.48. The summed E-state index contributed by atoms with van der Waals surface area (Å²) in [6, 6.07) is 10.4. The molecule has 86 valence electrons. The normalized spacial score (nSPS) is 11.5. The van der Waals surface area contributed by atoms with Gasteiger partial charge in [0.15, 0.2) is 0 Å². The predicted molar refractivity (Wildman–Crippen MR) is 67.1 cm³/mol. The van der Waals surface area contributed by atoms with E-state index in [-0.39, 0.29) is 6.10 Å². The number of benzene rings is 1. The van der Waals surface area contributed by atoms with E-state index in [2.05, 4.69) is 31.2 Å². The van der Waals surface area contributed by atoms with E-state index in [0.29, 0.717) is 0 Å². The number of unbranched alkanes of at least 4 members (excludes halogenated alkanes) is 1. The Kier molecular flexibility index (Phi) is 9.19. The van der Waals surface area contributed by atoms with Crippen LogP contribution in [0, 0.1) is 0 Å². The lowest BCUT2D eigenvalue weighted by molar-refractivity contribution is 0.0936. The molecule has 15 heavy (non-hydrogen) atoms. The van der Waals surface area contributed by atoms with Crippen LogP contribution >= 0.6 is 0 Å². The van der Waals surface area contributed by atoms with Crippen LogP contribution in [0.4, 0.5) is 0 Å². The molecule has 0 aliphatic carbocycles. The van der Waals surface area contributed by atoms with E-state index in [1.807, 2.05) is 19.9 Å². The molecule has 0 fully saturated rings. The molecule has 1 rings (SSSR count). The lowest BCUT2D eigenvalue weighted by Gasteiger charge is -2.14. The van der Waals surface area contributed by atoms with Gasteiger partial charge in [-0.1, -0.05) is 63.9 Å². The van der Waals surface area contributed by atoms with E-state index in [9.17, 15) is 0 Å². The second-order valence-electron chi connectivity index (χ2n) is 3.28. The molecule has 0 bridgehead atoms. The first kappa shape index (κ1) is 14.2. The Balaban J connectivity index is 0.000000921. The molecule has 0 heterocycles. The highest BCUT2D eigenvalue weighted by Gasteiger charge is 2.07. The summed E-state index contributed by atoms with van der Waals surface area (Å²) < 4.78 is 5.44. The van der Waals surface area contributed by atoms with Crippen molar-refractivity contribution in [2.45, 2.75) is 46.1 Å². The first-order valence-corrected chi connectivity index (χ1v) is 5.96. The van der Waals surface area contributed by atoms with Crippen molar-refractivity contribution in [2.24, 2.45) is 0 Å². The molecule has 0 radical (unpaired) electrons. The molecule has 0 spiro atoms. The molecular formula is C14H24O. The Labute approximate surface area is 94.5 Å². The molecule has 1 aromatic carbocycles. The van der Waals surface area contributed by atoms with Gasteiger partial charge in [-0.3, -0.25) is 0 Å². The quantitative estimate of drug-likeness (QED) is 0.687. The van der Waals surface area contributed by atoms with Gasteiger partial charge in [0, 0.05) is 7.11 Å². The summed E-state index contributed by atoms with van der Waals surface area (Å²) >= 11 is 0. The highest BCUT2D eigenvalue weighted by molar-refractivity contribution is 5.17. The molecule has 0 aliphatic rings. The van der Waals surface area contributed by atoms with Gasteiger partial charge >= 0.3 is 0 Å². The van der Waals surface area contributed by atoms with Crippen LogP contribution in [0.1, 0.15) is 51.7 Å². The number of hydrogen-bond acceptors (Lipinski definition) is 1. The molecule has 1 unspecified atom stereocenters. The fraction of sp³-hybridized carbons (Fsp3) is 0.571. The molecule has 1 aromatic rings. The van der Waals surface area contributed by atoms with E-state index < -0.39 is 0 Å². The van der Waals surface area contributed by atoms with Gasteiger partial charge in [0.25, 0.3) is 0 Å². The van der Waals surface area contributed by atoms with Crippen LogP contribution in [0.2, 0.25) is 0 Å². The van der Waals surface area contributed by atoms with E-state index in [4.69, 9.17) is 4.74 Å². The van der Waals surface area contributed by atoms with Gasteiger partial charge < -0.3 is 4.74 Å². The molecule has 1 heteroatoms. The Morgan fingerprint density at radius 2 is 1.73 bits per heavy atom. The molecule has 1 atom stereocenters. The summed E-state index contributed by atoms with van der Waals surface area (Å²) in [7, 11) is 1.79. The van der Waals surface area contributed by atoms with Crippen molar-refractivity contribution in [1.82, 2.24) is 0 Å². The van der Waals surface area contributed by atoms with Crippen LogP contribution in [0.3, 0.4) is 0 Å². The molecule has 0 amide bonds. The lowest BCUT2D eigenvalue weighted by Crippen LogP contribution is -2.00. The Morgan fingerprint density at radius 3 is 2.20 bits per heavy atom. The topological polar surface area (TPSA) is 9.23 Å². The number of hydrogen-bond donors (Lipinski definition) is 0. The van der Waals surface area contributed by atoms with Gasteiger partial charge in [-0.25, -0.2) is 0 Å². The summed E-state index contributed by atoms with van der Waals surface area (Å²) in [6.45, 7) is 6.21. The summed E-state index contributed by atoms with van der Waals surface area (Å²) in [5.41, 5.74) is 1.29. The van der Waals surface area contributed by atoms with E-state index >= 15 is 0 Å². The van der Waals surface area contributed by atoms with Crippen molar-refractivity contribution in [3.8, 4) is 0 Å². The van der Waals surface area contributed by atoms with E-state index in [0.717, 1.165) is 6.42 Å². The average molecular weight is 208 g/mol. The molecule has 0 aromatic heterocycles. The predicted octanol–water partition coefficient (Wildman–Crippen LogP) is 4.59. The second-order valence-corrected chi connectivity index (χ2v) is 3.28. The lowest BCUT2D eigenvalue weighted by atomic mass is 10.0. The van der Waals surface area contributed by atoms with E-state index in [1.165, 1.54) is 18.4 Å². The van der Waals surface area contributed by atoms with Crippen LogP contribution in [0.25, 0.3) is 0 Å². The fourth-order valence-corrected chi connectivity index (χ4v) is 1.48. The molecular weight excluding hydrogens is 184 g/mol. The van der Waals surface area contributed by atoms with Crippen molar-refractivity contribution < 1.29 is 4.74 Å². The van der Waals surface area contributed by atoms with Crippen molar-refractivity contribution in [3.63, 3.8) is 0 Å². The van der Waals surface area contributed by atoms with Crippen molar-refractivity contribution in [1.29, 1.82) is 0 Å². The standard InChI is InChI=1S/C12H18O.C2H6/c1-3-4-10-12(13-2)11-8-6-5-7-9-11;1-2/h5-9,12H,3-4,10H2,1-2H3;1-2H3. The molecule has 0 saturated heterocycles. The highest BCUT2D eigenvalue weighted by Crippen LogP contribution is 2.21. The molecule has 0 aliphatic heterocycles. The Bertz CT molecular complexity index is 218. The third kappa shape index (κ3) is 5.58. The maximum Gasteiger partial charge on any atom is 0.0821 e. The molecule has 1 nitrogen and oxygen atoms in total. The third-order valence-electron chi connectivity index (χ3n) is 2.28. The van der Waals surface area contributed by atoms with Crippen molar-refractivity contribution in [3.05, 3.63) is 35.9 Å². The van der Waals surface area contributed by atoms with Crippen LogP contribution in [-0.2, 0) is 4.74 Å². The summed E-state index contributed by atoms with van der Waals surface area (Å²) in [5, 5.41) is 0. The molecule has 0 saturated carbocycles. The monoisotopic (exact) mass is 208 g/mol. The largest absolute Gasteiger partial charge is 0.377 e. The maximum atomic E-state index is 5.44. The average Bonchev–Trinajstić information content (AvgIpc) is 2.34. The number of methoxy groups -OCH3 is 1. The first-order valence-electron chi connectivity index (χ1n) is 5.96. The third-order valence-corrected chi connectivity index (χ3v) is 2.28. The van der Waals surface area contributed by atoms with Gasteiger partial charge in [0.1, 0.15) is 0 Å². The van der Waals surface area contributed by atoms with E-state index in [1.54, 1.807) is 7.11 Å². The Morgan fingerprint density at radius 1 is 1.13 bits per heavy atom. The van der Waals surface area contributed by atoms with Gasteiger partial charge in [-0.2, -0.15) is 0 Å². The van der Waals surface area contributed by atoms with Crippen molar-refractivity contribution in [2.75, 3.05) is 7.11 Å². The zero-order valence-electron chi connectivity index (χ0n) is 10.5. The molecule has 0 N–H and O–H groups in total. The van der Waals surface area contributed by atoms with Gasteiger partial charge in [-0.15, -0.1) is 0 Å². The van der Waals surface area contributed by atoms with Gasteiger partial charge in [0.2, 0.25) is 0 Å². The Hall–Kier alpha value is -0.820. The summed E-state index contributed by atoms with van der Waals surface area (Å²) in [6.07, 6.45) is 3.86. The maximum absolute atomic E-state index is 5.44. The minimum absolute atomic E-state index is 0.279. The smallest absolute Gasteiger partial charge is 0.0821 e. The van der Waals surface area contributed by atoms with Crippen LogP contribution in [0.5, 0.6) is 0 Å². The van der Waals surface area contributed by atoms with Crippen LogP contribution in [-0.4, -0.2) is 7.11 Å².